The fourth-order valence-electron chi connectivity index (χ4n) is 2.91. The molecule has 2 atom stereocenters. The summed E-state index contributed by atoms with van der Waals surface area (Å²) in [5.74, 6) is 2.34. The van der Waals surface area contributed by atoms with Crippen LogP contribution in [0.4, 0.5) is 0 Å². The predicted octanol–water partition coefficient (Wildman–Crippen LogP) is 5.28. The molecule has 0 saturated heterocycles. The van der Waals surface area contributed by atoms with Crippen LogP contribution in [0.5, 0.6) is 5.75 Å². The Morgan fingerprint density at radius 3 is 2.19 bits per heavy atom. The highest BCUT2D eigenvalue weighted by molar-refractivity contribution is 5.76. The van der Waals surface area contributed by atoms with Crippen LogP contribution < -0.4 is 4.74 Å². The Balaban J connectivity index is 2.81. The molecule has 2 nitrogen and oxygen atoms in total. The summed E-state index contributed by atoms with van der Waals surface area (Å²) in [4.78, 5) is 4.89. The Morgan fingerprint density at radius 2 is 1.67 bits per heavy atom. The number of hydrogen-bond donors (Lipinski definition) is 0. The van der Waals surface area contributed by atoms with E-state index in [0.29, 0.717) is 17.8 Å². The molecule has 0 amide bonds. The SMILES string of the molecule is Cc1nc(C(C)C)c2c(c1C)O[C@H](C)[C@H](C)C=C2C(C)C. The van der Waals surface area contributed by atoms with Gasteiger partial charge in [0.25, 0.3) is 0 Å². The van der Waals surface area contributed by atoms with Crippen molar-refractivity contribution in [3.05, 3.63) is 28.6 Å². The van der Waals surface area contributed by atoms with Crippen molar-refractivity contribution in [1.82, 2.24) is 4.98 Å². The molecule has 0 unspecified atom stereocenters. The van der Waals surface area contributed by atoms with Crippen molar-refractivity contribution in [3.8, 4) is 5.75 Å². The monoisotopic (exact) mass is 287 g/mol. The van der Waals surface area contributed by atoms with Crippen LogP contribution in [0.2, 0.25) is 0 Å². The molecule has 2 heteroatoms. The van der Waals surface area contributed by atoms with Crippen LogP contribution in [0.3, 0.4) is 0 Å². The van der Waals surface area contributed by atoms with E-state index in [9.17, 15) is 0 Å². The van der Waals surface area contributed by atoms with Crippen molar-refractivity contribution in [2.75, 3.05) is 0 Å². The van der Waals surface area contributed by atoms with Crippen molar-refractivity contribution in [2.45, 2.75) is 67.4 Å². The molecule has 1 aliphatic heterocycles. The lowest BCUT2D eigenvalue weighted by atomic mass is 9.87. The van der Waals surface area contributed by atoms with Gasteiger partial charge in [-0.15, -0.1) is 0 Å². The van der Waals surface area contributed by atoms with Gasteiger partial charge in [0.05, 0.1) is 5.69 Å². The third kappa shape index (κ3) is 2.86. The number of hydrogen-bond acceptors (Lipinski definition) is 2. The van der Waals surface area contributed by atoms with Gasteiger partial charge >= 0.3 is 0 Å². The highest BCUT2D eigenvalue weighted by atomic mass is 16.5. The van der Waals surface area contributed by atoms with Gasteiger partial charge in [-0.3, -0.25) is 4.98 Å². The van der Waals surface area contributed by atoms with Gasteiger partial charge in [-0.2, -0.15) is 0 Å². The normalized spacial score (nSPS) is 21.9. The summed E-state index contributed by atoms with van der Waals surface area (Å²) in [7, 11) is 0. The van der Waals surface area contributed by atoms with Crippen LogP contribution in [0.15, 0.2) is 6.08 Å². The summed E-state index contributed by atoms with van der Waals surface area (Å²) >= 11 is 0. The second-order valence-electron chi connectivity index (χ2n) is 7.03. The van der Waals surface area contributed by atoms with E-state index in [2.05, 4.69) is 61.5 Å². The lowest BCUT2D eigenvalue weighted by molar-refractivity contribution is 0.184. The van der Waals surface area contributed by atoms with E-state index in [1.54, 1.807) is 0 Å². The van der Waals surface area contributed by atoms with Gasteiger partial charge < -0.3 is 4.74 Å². The topological polar surface area (TPSA) is 22.1 Å². The average molecular weight is 287 g/mol. The second kappa shape index (κ2) is 5.82. The Labute approximate surface area is 129 Å². The maximum atomic E-state index is 6.36. The van der Waals surface area contributed by atoms with Gasteiger partial charge in [0.1, 0.15) is 11.9 Å². The van der Waals surface area contributed by atoms with E-state index in [1.807, 2.05) is 0 Å². The Kier molecular flexibility index (Phi) is 4.46. The standard InChI is InChI=1S/C19H29NO/c1-10(2)16-9-12(5)15(8)21-19-13(6)14(7)20-18(11(3)4)17(16)19/h9-12,15H,1-8H3/t12-,15-/m1/s1. The van der Waals surface area contributed by atoms with Crippen molar-refractivity contribution in [2.24, 2.45) is 11.8 Å². The fourth-order valence-corrected chi connectivity index (χ4v) is 2.91. The molecule has 2 heterocycles. The lowest BCUT2D eigenvalue weighted by Gasteiger charge is -2.23. The van der Waals surface area contributed by atoms with E-state index >= 15 is 0 Å². The molecule has 116 valence electrons. The number of aromatic nitrogens is 1. The highest BCUT2D eigenvalue weighted by Crippen LogP contribution is 2.42. The van der Waals surface area contributed by atoms with E-state index < -0.39 is 0 Å². The summed E-state index contributed by atoms with van der Waals surface area (Å²) in [6, 6.07) is 0. The van der Waals surface area contributed by atoms with Crippen LogP contribution in [0.1, 0.15) is 70.0 Å². The summed E-state index contributed by atoms with van der Waals surface area (Å²) in [6.07, 6.45) is 2.59. The van der Waals surface area contributed by atoms with Crippen LogP contribution in [0, 0.1) is 25.7 Å². The van der Waals surface area contributed by atoms with Gasteiger partial charge in [-0.25, -0.2) is 0 Å². The largest absolute Gasteiger partial charge is 0.489 e. The minimum atomic E-state index is 0.195. The Hall–Kier alpha value is -1.31. The molecular weight excluding hydrogens is 258 g/mol. The molecule has 0 N–H and O–H groups in total. The smallest absolute Gasteiger partial charge is 0.133 e. The zero-order valence-electron chi connectivity index (χ0n) is 14.7. The molecule has 1 aromatic heterocycles. The van der Waals surface area contributed by atoms with Crippen LogP contribution >= 0.6 is 0 Å². The van der Waals surface area contributed by atoms with Gasteiger partial charge in [-0.1, -0.05) is 40.7 Å². The summed E-state index contributed by atoms with van der Waals surface area (Å²) in [5.41, 5.74) is 6.08. The molecule has 1 aromatic rings. The average Bonchev–Trinajstić information content (AvgIpc) is 2.52. The zero-order valence-corrected chi connectivity index (χ0v) is 14.7. The predicted molar refractivity (Wildman–Crippen MR) is 89.9 cm³/mol. The number of ether oxygens (including phenoxy) is 1. The molecule has 0 aromatic carbocycles. The van der Waals surface area contributed by atoms with Crippen molar-refractivity contribution in [3.63, 3.8) is 0 Å². The van der Waals surface area contributed by atoms with Gasteiger partial charge in [0.15, 0.2) is 0 Å². The molecule has 0 aliphatic carbocycles. The van der Waals surface area contributed by atoms with Crippen LogP contribution in [0.25, 0.3) is 5.57 Å². The Bertz CT molecular complexity index is 569. The first-order valence-corrected chi connectivity index (χ1v) is 8.13. The van der Waals surface area contributed by atoms with Crippen molar-refractivity contribution >= 4 is 5.57 Å². The number of rotatable bonds is 2. The van der Waals surface area contributed by atoms with E-state index in [0.717, 1.165) is 11.4 Å². The third-order valence-corrected chi connectivity index (χ3v) is 4.60. The van der Waals surface area contributed by atoms with Crippen molar-refractivity contribution < 1.29 is 4.74 Å². The third-order valence-electron chi connectivity index (χ3n) is 4.60. The fraction of sp³-hybridized carbons (Fsp3) is 0.632. The first-order chi connectivity index (χ1) is 9.73. The van der Waals surface area contributed by atoms with Crippen molar-refractivity contribution in [1.29, 1.82) is 0 Å². The molecule has 0 saturated carbocycles. The van der Waals surface area contributed by atoms with Gasteiger partial charge in [-0.05, 0) is 38.2 Å². The molecule has 2 rings (SSSR count). The summed E-state index contributed by atoms with van der Waals surface area (Å²) < 4.78 is 6.36. The molecule has 0 spiro atoms. The maximum absolute atomic E-state index is 6.36. The number of pyridine rings is 1. The van der Waals surface area contributed by atoms with E-state index in [1.165, 1.54) is 22.4 Å². The lowest BCUT2D eigenvalue weighted by Crippen LogP contribution is -2.19. The molecule has 21 heavy (non-hydrogen) atoms. The first kappa shape index (κ1) is 16.1. The van der Waals surface area contributed by atoms with Gasteiger partial charge in [0, 0.05) is 22.7 Å². The zero-order chi connectivity index (χ0) is 15.9. The van der Waals surface area contributed by atoms with E-state index in [4.69, 9.17) is 9.72 Å². The van der Waals surface area contributed by atoms with Crippen LogP contribution in [-0.4, -0.2) is 11.1 Å². The molecular formula is C19H29NO. The number of fused-ring (bicyclic) bond motifs is 1. The number of aryl methyl sites for hydroxylation is 1. The summed E-state index contributed by atoms with van der Waals surface area (Å²) in [5, 5.41) is 0. The molecule has 0 bridgehead atoms. The molecule has 0 radical (unpaired) electrons. The molecule has 1 aliphatic rings. The first-order valence-electron chi connectivity index (χ1n) is 8.13. The van der Waals surface area contributed by atoms with Gasteiger partial charge in [0.2, 0.25) is 0 Å². The van der Waals surface area contributed by atoms with E-state index in [-0.39, 0.29) is 6.10 Å². The minimum Gasteiger partial charge on any atom is -0.489 e. The highest BCUT2D eigenvalue weighted by Gasteiger charge is 2.28. The number of nitrogens with zero attached hydrogens (tertiary/aromatic N) is 1. The minimum absolute atomic E-state index is 0.195. The summed E-state index contributed by atoms with van der Waals surface area (Å²) in [6.45, 7) is 17.6. The molecule has 0 fully saturated rings. The quantitative estimate of drug-likeness (QED) is 0.738. The maximum Gasteiger partial charge on any atom is 0.133 e. The second-order valence-corrected chi connectivity index (χ2v) is 7.03. The Morgan fingerprint density at radius 1 is 1.05 bits per heavy atom. The number of allylic oxidation sites excluding steroid dienone is 1. The van der Waals surface area contributed by atoms with Crippen LogP contribution in [-0.2, 0) is 0 Å².